The molecule has 16 heavy (non-hydrogen) atoms. The van der Waals surface area contributed by atoms with E-state index in [9.17, 15) is 0 Å². The van der Waals surface area contributed by atoms with Crippen molar-refractivity contribution in [2.24, 2.45) is 7.05 Å². The lowest BCUT2D eigenvalue weighted by molar-refractivity contribution is 0.768. The highest BCUT2D eigenvalue weighted by atomic mass is 32.1. The van der Waals surface area contributed by atoms with Crippen molar-refractivity contribution in [1.82, 2.24) is 19.2 Å². The number of nitrogens with one attached hydrogen (secondary N) is 1. The fourth-order valence-electron chi connectivity index (χ4n) is 1.55. The minimum Gasteiger partial charge on any atom is -0.363 e. The number of aryl methyl sites for hydroxylation is 1. The van der Waals surface area contributed by atoms with Crippen LogP contribution in [0.2, 0.25) is 0 Å². The third-order valence-electron chi connectivity index (χ3n) is 2.31. The Hall–Kier alpha value is -1.82. The number of rotatable bonds is 3. The van der Waals surface area contributed by atoms with E-state index in [0.717, 1.165) is 16.5 Å². The van der Waals surface area contributed by atoms with Crippen molar-refractivity contribution in [3.63, 3.8) is 0 Å². The summed E-state index contributed by atoms with van der Waals surface area (Å²) in [7, 11) is 1.90. The van der Waals surface area contributed by atoms with Crippen LogP contribution in [-0.2, 0) is 13.6 Å². The van der Waals surface area contributed by atoms with E-state index in [4.69, 9.17) is 0 Å². The second-order valence-electron chi connectivity index (χ2n) is 3.55. The number of aromatic nitrogens is 4. The van der Waals surface area contributed by atoms with Crippen LogP contribution in [0.5, 0.6) is 0 Å². The molecule has 0 aromatic carbocycles. The molecule has 1 N–H and O–H groups in total. The zero-order chi connectivity index (χ0) is 11.0. The van der Waals surface area contributed by atoms with Gasteiger partial charge in [0.1, 0.15) is 5.82 Å². The first kappa shape index (κ1) is 9.41. The number of imidazole rings is 1. The number of hydrogen-bond acceptors (Lipinski definition) is 4. The summed E-state index contributed by atoms with van der Waals surface area (Å²) in [6.45, 7) is 0.700. The van der Waals surface area contributed by atoms with E-state index in [1.807, 2.05) is 41.5 Å². The average Bonchev–Trinajstić information content (AvgIpc) is 2.89. The highest BCUT2D eigenvalue weighted by molar-refractivity contribution is 7.15. The molecule has 3 heterocycles. The lowest BCUT2D eigenvalue weighted by Crippen LogP contribution is -2.00. The number of fused-ring (bicyclic) bond motifs is 1. The SMILES string of the molecule is Cn1ccc(NCc2cn3ccsc3n2)n1. The molecule has 3 rings (SSSR count). The molecule has 0 aliphatic heterocycles. The lowest BCUT2D eigenvalue weighted by atomic mass is 10.4. The summed E-state index contributed by atoms with van der Waals surface area (Å²) >= 11 is 1.64. The zero-order valence-corrected chi connectivity index (χ0v) is 9.61. The van der Waals surface area contributed by atoms with Gasteiger partial charge in [-0.15, -0.1) is 11.3 Å². The number of thiazole rings is 1. The molecule has 0 atom stereocenters. The summed E-state index contributed by atoms with van der Waals surface area (Å²) in [6, 6.07) is 1.94. The molecule has 0 aliphatic carbocycles. The highest BCUT2D eigenvalue weighted by Gasteiger charge is 2.02. The van der Waals surface area contributed by atoms with Crippen LogP contribution >= 0.6 is 11.3 Å². The van der Waals surface area contributed by atoms with Crippen molar-refractivity contribution >= 4 is 22.1 Å². The van der Waals surface area contributed by atoms with E-state index in [2.05, 4.69) is 15.4 Å². The Morgan fingerprint density at radius 2 is 2.38 bits per heavy atom. The Bertz CT molecular complexity index is 577. The van der Waals surface area contributed by atoms with Gasteiger partial charge in [-0.1, -0.05) is 0 Å². The van der Waals surface area contributed by atoms with Gasteiger partial charge in [0.15, 0.2) is 4.96 Å². The summed E-state index contributed by atoms with van der Waals surface area (Å²) in [4.78, 5) is 5.50. The molecule has 82 valence electrons. The van der Waals surface area contributed by atoms with Crippen molar-refractivity contribution in [3.05, 3.63) is 35.7 Å². The molecule has 0 fully saturated rings. The standard InChI is InChI=1S/C10H11N5S/c1-14-3-2-9(13-14)11-6-8-7-15-4-5-16-10(15)12-8/h2-5,7H,6H2,1H3,(H,11,13). The average molecular weight is 233 g/mol. The molecular weight excluding hydrogens is 222 g/mol. The van der Waals surface area contributed by atoms with Crippen LogP contribution in [0.3, 0.4) is 0 Å². The summed E-state index contributed by atoms with van der Waals surface area (Å²) in [6.07, 6.45) is 5.95. The number of nitrogens with zero attached hydrogens (tertiary/aromatic N) is 4. The van der Waals surface area contributed by atoms with Gasteiger partial charge in [0.05, 0.1) is 12.2 Å². The third-order valence-corrected chi connectivity index (χ3v) is 3.08. The molecule has 0 spiro atoms. The Labute approximate surface area is 96.4 Å². The monoisotopic (exact) mass is 233 g/mol. The highest BCUT2D eigenvalue weighted by Crippen LogP contribution is 2.12. The van der Waals surface area contributed by atoms with Crippen molar-refractivity contribution in [2.45, 2.75) is 6.54 Å². The first-order valence-corrected chi connectivity index (χ1v) is 5.84. The van der Waals surface area contributed by atoms with Gasteiger partial charge in [0.2, 0.25) is 0 Å². The second-order valence-corrected chi connectivity index (χ2v) is 4.43. The van der Waals surface area contributed by atoms with Crippen LogP contribution in [0, 0.1) is 0 Å². The summed E-state index contributed by atoms with van der Waals surface area (Å²) in [5.74, 6) is 0.874. The van der Waals surface area contributed by atoms with E-state index in [-0.39, 0.29) is 0 Å². The Kier molecular flexibility index (Phi) is 2.14. The molecule has 3 aromatic heterocycles. The number of anilines is 1. The Balaban J connectivity index is 1.73. The van der Waals surface area contributed by atoms with Gasteiger partial charge in [-0.25, -0.2) is 4.98 Å². The third kappa shape index (κ3) is 1.67. The molecule has 0 saturated heterocycles. The fourth-order valence-corrected chi connectivity index (χ4v) is 2.27. The Morgan fingerprint density at radius 3 is 3.12 bits per heavy atom. The lowest BCUT2D eigenvalue weighted by Gasteiger charge is -1.98. The molecule has 3 aromatic rings. The zero-order valence-electron chi connectivity index (χ0n) is 8.79. The number of hydrogen-bond donors (Lipinski definition) is 1. The van der Waals surface area contributed by atoms with Crippen LogP contribution in [0.1, 0.15) is 5.69 Å². The van der Waals surface area contributed by atoms with Gasteiger partial charge in [0, 0.05) is 37.1 Å². The summed E-state index contributed by atoms with van der Waals surface area (Å²) < 4.78 is 3.80. The largest absolute Gasteiger partial charge is 0.363 e. The van der Waals surface area contributed by atoms with Crippen molar-refractivity contribution in [3.8, 4) is 0 Å². The predicted octanol–water partition coefficient (Wildman–Crippen LogP) is 1.74. The predicted molar refractivity (Wildman–Crippen MR) is 63.6 cm³/mol. The fraction of sp³-hybridized carbons (Fsp3) is 0.200. The normalized spacial score (nSPS) is 11.1. The van der Waals surface area contributed by atoms with Crippen LogP contribution in [-0.4, -0.2) is 19.2 Å². The van der Waals surface area contributed by atoms with E-state index in [1.165, 1.54) is 0 Å². The Morgan fingerprint density at radius 1 is 1.44 bits per heavy atom. The first-order valence-electron chi connectivity index (χ1n) is 4.96. The van der Waals surface area contributed by atoms with Crippen LogP contribution < -0.4 is 5.32 Å². The van der Waals surface area contributed by atoms with E-state index >= 15 is 0 Å². The molecule has 0 radical (unpaired) electrons. The van der Waals surface area contributed by atoms with Crippen molar-refractivity contribution in [1.29, 1.82) is 0 Å². The molecule has 0 bridgehead atoms. The smallest absolute Gasteiger partial charge is 0.193 e. The van der Waals surface area contributed by atoms with Crippen molar-refractivity contribution < 1.29 is 0 Å². The van der Waals surface area contributed by atoms with E-state index in [1.54, 1.807) is 16.0 Å². The topological polar surface area (TPSA) is 47.2 Å². The maximum atomic E-state index is 4.48. The maximum absolute atomic E-state index is 4.48. The molecule has 0 amide bonds. The van der Waals surface area contributed by atoms with Gasteiger partial charge in [-0.05, 0) is 0 Å². The van der Waals surface area contributed by atoms with Crippen LogP contribution in [0.25, 0.3) is 4.96 Å². The van der Waals surface area contributed by atoms with Crippen LogP contribution in [0.15, 0.2) is 30.0 Å². The van der Waals surface area contributed by atoms with Gasteiger partial charge >= 0.3 is 0 Å². The van der Waals surface area contributed by atoms with Gasteiger partial charge in [-0.2, -0.15) is 5.10 Å². The van der Waals surface area contributed by atoms with Crippen molar-refractivity contribution in [2.75, 3.05) is 5.32 Å². The quantitative estimate of drug-likeness (QED) is 0.749. The first-order chi connectivity index (χ1) is 7.81. The minimum atomic E-state index is 0.700. The molecule has 0 aliphatic rings. The molecular formula is C10H11N5S. The van der Waals surface area contributed by atoms with Gasteiger partial charge in [0.25, 0.3) is 0 Å². The second kappa shape index (κ2) is 3.64. The summed E-state index contributed by atoms with van der Waals surface area (Å²) in [5.41, 5.74) is 1.03. The maximum Gasteiger partial charge on any atom is 0.193 e. The van der Waals surface area contributed by atoms with Gasteiger partial charge < -0.3 is 5.32 Å². The molecule has 0 unspecified atom stereocenters. The van der Waals surface area contributed by atoms with Gasteiger partial charge in [-0.3, -0.25) is 9.08 Å². The molecule has 6 heteroatoms. The molecule has 0 saturated carbocycles. The molecule has 5 nitrogen and oxygen atoms in total. The van der Waals surface area contributed by atoms with E-state index in [0.29, 0.717) is 6.54 Å². The minimum absolute atomic E-state index is 0.700. The summed E-state index contributed by atoms with van der Waals surface area (Å²) in [5, 5.41) is 9.50. The van der Waals surface area contributed by atoms with E-state index < -0.39 is 0 Å². The van der Waals surface area contributed by atoms with Crippen LogP contribution in [0.4, 0.5) is 5.82 Å².